The van der Waals surface area contributed by atoms with E-state index in [9.17, 15) is 0 Å². The first-order valence-corrected chi connectivity index (χ1v) is 6.36. The standard InChI is InChI=1S/C10H17ClN2OS/c1-8-9(2)15-10(13-8)7-12-4-6-14-5-3-11/h12H,3-7H2,1-2H3. The summed E-state index contributed by atoms with van der Waals surface area (Å²) in [6.45, 7) is 7.13. The molecule has 1 aromatic heterocycles. The summed E-state index contributed by atoms with van der Waals surface area (Å²) >= 11 is 7.22. The van der Waals surface area contributed by atoms with Gasteiger partial charge in [0.05, 0.1) is 18.9 Å². The minimum Gasteiger partial charge on any atom is -0.379 e. The Morgan fingerprint density at radius 2 is 2.20 bits per heavy atom. The molecule has 0 fully saturated rings. The number of alkyl halides is 1. The van der Waals surface area contributed by atoms with Gasteiger partial charge in [0.15, 0.2) is 0 Å². The normalized spacial score (nSPS) is 10.9. The second-order valence-corrected chi connectivity index (χ2v) is 4.89. The maximum Gasteiger partial charge on any atom is 0.107 e. The summed E-state index contributed by atoms with van der Waals surface area (Å²) in [4.78, 5) is 5.73. The van der Waals surface area contributed by atoms with Crippen molar-refractivity contribution in [3.05, 3.63) is 15.6 Å². The predicted octanol–water partition coefficient (Wildman–Crippen LogP) is 2.10. The minimum atomic E-state index is 0.560. The Balaban J connectivity index is 2.10. The number of hydrogen-bond acceptors (Lipinski definition) is 4. The van der Waals surface area contributed by atoms with Gasteiger partial charge in [0.25, 0.3) is 0 Å². The van der Waals surface area contributed by atoms with Crippen LogP contribution in [0.1, 0.15) is 15.6 Å². The molecule has 5 heteroatoms. The molecule has 0 unspecified atom stereocenters. The smallest absolute Gasteiger partial charge is 0.107 e. The van der Waals surface area contributed by atoms with Crippen molar-refractivity contribution >= 4 is 22.9 Å². The monoisotopic (exact) mass is 248 g/mol. The van der Waals surface area contributed by atoms with Crippen LogP contribution in [0, 0.1) is 13.8 Å². The molecule has 1 aromatic rings. The molecule has 0 amide bonds. The molecule has 0 aliphatic carbocycles. The van der Waals surface area contributed by atoms with Gasteiger partial charge in [0.2, 0.25) is 0 Å². The summed E-state index contributed by atoms with van der Waals surface area (Å²) in [6, 6.07) is 0. The molecular weight excluding hydrogens is 232 g/mol. The number of nitrogens with zero attached hydrogens (tertiary/aromatic N) is 1. The van der Waals surface area contributed by atoms with E-state index in [1.165, 1.54) is 4.88 Å². The Hall–Kier alpha value is -0.160. The van der Waals surface area contributed by atoms with Crippen LogP contribution in [0.25, 0.3) is 0 Å². The summed E-state index contributed by atoms with van der Waals surface area (Å²) in [5.41, 5.74) is 1.13. The van der Waals surface area contributed by atoms with Crippen molar-refractivity contribution in [1.29, 1.82) is 0 Å². The molecule has 0 saturated carbocycles. The molecule has 0 aliphatic rings. The quantitative estimate of drug-likeness (QED) is 0.593. The molecule has 3 nitrogen and oxygen atoms in total. The van der Waals surface area contributed by atoms with Gasteiger partial charge in [-0.05, 0) is 13.8 Å². The molecule has 0 saturated heterocycles. The number of hydrogen-bond donors (Lipinski definition) is 1. The zero-order valence-corrected chi connectivity index (χ0v) is 10.7. The van der Waals surface area contributed by atoms with Crippen molar-refractivity contribution in [1.82, 2.24) is 10.3 Å². The minimum absolute atomic E-state index is 0.560. The van der Waals surface area contributed by atoms with E-state index in [0.29, 0.717) is 19.1 Å². The molecule has 0 radical (unpaired) electrons. The number of nitrogens with one attached hydrogen (secondary N) is 1. The number of thiazole rings is 1. The van der Waals surface area contributed by atoms with Gasteiger partial charge in [0.1, 0.15) is 5.01 Å². The summed E-state index contributed by atoms with van der Waals surface area (Å²) in [6.07, 6.45) is 0. The summed E-state index contributed by atoms with van der Waals surface area (Å²) in [5, 5.41) is 4.42. The first-order chi connectivity index (χ1) is 7.24. The van der Waals surface area contributed by atoms with Gasteiger partial charge in [-0.1, -0.05) is 0 Å². The second-order valence-electron chi connectivity index (χ2n) is 3.23. The van der Waals surface area contributed by atoms with Crippen molar-refractivity contribution in [2.24, 2.45) is 0 Å². The lowest BCUT2D eigenvalue weighted by Gasteiger charge is -2.02. The van der Waals surface area contributed by atoms with Gasteiger partial charge in [0, 0.05) is 23.8 Å². The number of aromatic nitrogens is 1. The summed E-state index contributed by atoms with van der Waals surface area (Å²) < 4.78 is 5.24. The predicted molar refractivity (Wildman–Crippen MR) is 64.8 cm³/mol. The lowest BCUT2D eigenvalue weighted by Crippen LogP contribution is -2.19. The van der Waals surface area contributed by atoms with Crippen LogP contribution in [-0.2, 0) is 11.3 Å². The largest absolute Gasteiger partial charge is 0.379 e. The van der Waals surface area contributed by atoms with E-state index in [4.69, 9.17) is 16.3 Å². The highest BCUT2D eigenvalue weighted by Gasteiger charge is 2.02. The molecule has 0 aliphatic heterocycles. The van der Waals surface area contributed by atoms with Crippen molar-refractivity contribution in [3.63, 3.8) is 0 Å². The summed E-state index contributed by atoms with van der Waals surface area (Å²) in [7, 11) is 0. The summed E-state index contributed by atoms with van der Waals surface area (Å²) in [5.74, 6) is 0.560. The highest BCUT2D eigenvalue weighted by Crippen LogP contribution is 2.15. The van der Waals surface area contributed by atoms with E-state index in [0.717, 1.165) is 23.8 Å². The third-order valence-electron chi connectivity index (χ3n) is 1.99. The Morgan fingerprint density at radius 3 is 2.80 bits per heavy atom. The Bertz CT molecular complexity index is 271. The van der Waals surface area contributed by atoms with E-state index in [2.05, 4.69) is 17.2 Å². The van der Waals surface area contributed by atoms with Crippen LogP contribution in [0.2, 0.25) is 0 Å². The van der Waals surface area contributed by atoms with Crippen LogP contribution in [0.3, 0.4) is 0 Å². The molecule has 0 spiro atoms. The molecule has 1 rings (SSSR count). The lowest BCUT2D eigenvalue weighted by molar-refractivity contribution is 0.151. The van der Waals surface area contributed by atoms with E-state index in [1.807, 2.05) is 6.92 Å². The van der Waals surface area contributed by atoms with Crippen LogP contribution in [0.5, 0.6) is 0 Å². The van der Waals surface area contributed by atoms with Crippen LogP contribution in [-0.4, -0.2) is 30.6 Å². The molecule has 86 valence electrons. The van der Waals surface area contributed by atoms with Crippen molar-refractivity contribution in [3.8, 4) is 0 Å². The van der Waals surface area contributed by atoms with Crippen LogP contribution >= 0.6 is 22.9 Å². The fraction of sp³-hybridized carbons (Fsp3) is 0.700. The van der Waals surface area contributed by atoms with Gasteiger partial charge in [-0.15, -0.1) is 22.9 Å². The van der Waals surface area contributed by atoms with Crippen molar-refractivity contribution in [2.45, 2.75) is 20.4 Å². The first-order valence-electron chi connectivity index (χ1n) is 5.01. The Kier molecular flexibility index (Phi) is 6.17. The molecule has 1 heterocycles. The fourth-order valence-corrected chi connectivity index (χ4v) is 2.12. The number of halogens is 1. The van der Waals surface area contributed by atoms with Gasteiger partial charge in [-0.2, -0.15) is 0 Å². The van der Waals surface area contributed by atoms with Gasteiger partial charge in [-0.3, -0.25) is 0 Å². The number of aryl methyl sites for hydroxylation is 2. The van der Waals surface area contributed by atoms with E-state index < -0.39 is 0 Å². The lowest BCUT2D eigenvalue weighted by atomic mass is 10.4. The molecule has 1 N–H and O–H groups in total. The van der Waals surface area contributed by atoms with Crippen LogP contribution in [0.15, 0.2) is 0 Å². The zero-order valence-electron chi connectivity index (χ0n) is 9.18. The second kappa shape index (κ2) is 7.17. The highest BCUT2D eigenvalue weighted by molar-refractivity contribution is 7.11. The topological polar surface area (TPSA) is 34.2 Å². The maximum atomic E-state index is 5.48. The molecule has 0 atom stereocenters. The fourth-order valence-electron chi connectivity index (χ4n) is 1.11. The third kappa shape index (κ3) is 4.93. The van der Waals surface area contributed by atoms with Crippen molar-refractivity contribution in [2.75, 3.05) is 25.6 Å². The van der Waals surface area contributed by atoms with Crippen LogP contribution < -0.4 is 5.32 Å². The molecular formula is C10H17ClN2OS. The Labute approximate surface area is 99.8 Å². The van der Waals surface area contributed by atoms with E-state index >= 15 is 0 Å². The van der Waals surface area contributed by atoms with Gasteiger partial charge in [-0.25, -0.2) is 4.98 Å². The zero-order chi connectivity index (χ0) is 11.1. The molecule has 0 aromatic carbocycles. The highest BCUT2D eigenvalue weighted by atomic mass is 35.5. The molecule has 0 bridgehead atoms. The van der Waals surface area contributed by atoms with Crippen LogP contribution in [0.4, 0.5) is 0 Å². The van der Waals surface area contributed by atoms with Gasteiger partial charge >= 0.3 is 0 Å². The van der Waals surface area contributed by atoms with E-state index in [-0.39, 0.29) is 0 Å². The average molecular weight is 249 g/mol. The van der Waals surface area contributed by atoms with Crippen molar-refractivity contribution < 1.29 is 4.74 Å². The number of rotatable bonds is 7. The maximum absolute atomic E-state index is 5.48. The SMILES string of the molecule is Cc1nc(CNCCOCCCl)sc1C. The third-order valence-corrected chi connectivity index (χ3v) is 3.22. The van der Waals surface area contributed by atoms with Gasteiger partial charge < -0.3 is 10.1 Å². The molecule has 15 heavy (non-hydrogen) atoms. The average Bonchev–Trinajstić information content (AvgIpc) is 2.52. The van der Waals surface area contributed by atoms with E-state index in [1.54, 1.807) is 11.3 Å². The Morgan fingerprint density at radius 1 is 1.40 bits per heavy atom. The number of ether oxygens (including phenoxy) is 1. The first kappa shape index (κ1) is 12.9.